The lowest BCUT2D eigenvalue weighted by Gasteiger charge is -2.13. The van der Waals surface area contributed by atoms with Crippen molar-refractivity contribution in [3.05, 3.63) is 164 Å². The van der Waals surface area contributed by atoms with Crippen molar-refractivity contribution < 1.29 is 0 Å². The van der Waals surface area contributed by atoms with Gasteiger partial charge in [-0.1, -0.05) is 140 Å². The van der Waals surface area contributed by atoms with E-state index in [0.717, 1.165) is 60.2 Å². The van der Waals surface area contributed by atoms with E-state index in [2.05, 4.69) is 91.0 Å². The molecule has 9 rings (SSSR count). The maximum atomic E-state index is 5.28. The van der Waals surface area contributed by atoms with Crippen LogP contribution in [0.25, 0.3) is 88.2 Å². The summed E-state index contributed by atoms with van der Waals surface area (Å²) < 4.78 is 2.26. The number of hydrogen-bond acceptors (Lipinski definition) is 6. The summed E-state index contributed by atoms with van der Waals surface area (Å²) in [6.07, 6.45) is 0. The number of benzene rings is 6. The van der Waals surface area contributed by atoms with Crippen LogP contribution < -0.4 is 0 Å². The molecule has 0 radical (unpaired) electrons. The lowest BCUT2D eigenvalue weighted by Crippen LogP contribution is -2.01. The molecule has 0 fully saturated rings. The highest BCUT2D eigenvalue weighted by Crippen LogP contribution is 2.40. The molecule has 6 heteroatoms. The van der Waals surface area contributed by atoms with Gasteiger partial charge in [-0.05, 0) is 35.4 Å². The minimum atomic E-state index is 0.581. The number of rotatable bonds is 6. The van der Waals surface area contributed by atoms with Gasteiger partial charge in [0.05, 0.1) is 15.9 Å². The van der Waals surface area contributed by atoms with Crippen molar-refractivity contribution in [2.24, 2.45) is 0 Å². The molecular weight excluding hydrogens is 619 g/mol. The average Bonchev–Trinajstić information content (AvgIpc) is 3.57. The standard InChI is InChI=1S/C43H27N5S/c1-5-15-28(16-6-1)32-25-33(42-44-37(29-17-7-2-8-18-29)39-38(45-42)35-23-13-14-24-36(35)49-39)27-34(26-32)43-47-40(30-19-9-3-10-20-30)46-41(48-43)31-21-11-4-12-22-31/h1-27H. The second-order valence-electron chi connectivity index (χ2n) is 11.7. The number of thiophene rings is 1. The normalized spacial score (nSPS) is 11.3. The van der Waals surface area contributed by atoms with E-state index in [4.69, 9.17) is 24.9 Å². The highest BCUT2D eigenvalue weighted by atomic mass is 32.1. The van der Waals surface area contributed by atoms with E-state index in [1.165, 1.54) is 4.70 Å². The molecule has 0 amide bonds. The molecule has 0 aliphatic carbocycles. The minimum Gasteiger partial charge on any atom is -0.226 e. The Morgan fingerprint density at radius 1 is 0.327 bits per heavy atom. The zero-order chi connectivity index (χ0) is 32.6. The summed E-state index contributed by atoms with van der Waals surface area (Å²) >= 11 is 1.73. The van der Waals surface area contributed by atoms with E-state index in [1.807, 2.05) is 72.8 Å². The van der Waals surface area contributed by atoms with E-state index < -0.39 is 0 Å². The second kappa shape index (κ2) is 12.3. The van der Waals surface area contributed by atoms with Crippen LogP contribution in [0.5, 0.6) is 0 Å². The molecule has 0 bridgehead atoms. The molecule has 5 nitrogen and oxygen atoms in total. The Kier molecular flexibility index (Phi) is 7.26. The van der Waals surface area contributed by atoms with Crippen LogP contribution in [0.1, 0.15) is 0 Å². The molecule has 0 atom stereocenters. The van der Waals surface area contributed by atoms with Crippen molar-refractivity contribution in [2.75, 3.05) is 0 Å². The van der Waals surface area contributed by atoms with Crippen LogP contribution in [-0.2, 0) is 0 Å². The van der Waals surface area contributed by atoms with Gasteiger partial charge in [0.25, 0.3) is 0 Å². The van der Waals surface area contributed by atoms with Gasteiger partial charge in [-0.15, -0.1) is 11.3 Å². The van der Waals surface area contributed by atoms with Crippen molar-refractivity contribution in [1.82, 2.24) is 24.9 Å². The maximum absolute atomic E-state index is 5.28. The van der Waals surface area contributed by atoms with Crippen LogP contribution in [0, 0.1) is 0 Å². The van der Waals surface area contributed by atoms with Crippen LogP contribution in [0.2, 0.25) is 0 Å². The topological polar surface area (TPSA) is 64.5 Å². The highest BCUT2D eigenvalue weighted by molar-refractivity contribution is 7.26. The molecule has 0 spiro atoms. The molecular formula is C43H27N5S. The van der Waals surface area contributed by atoms with Crippen molar-refractivity contribution >= 4 is 31.6 Å². The van der Waals surface area contributed by atoms with Crippen molar-refractivity contribution in [1.29, 1.82) is 0 Å². The van der Waals surface area contributed by atoms with Crippen molar-refractivity contribution in [2.45, 2.75) is 0 Å². The second-order valence-corrected chi connectivity index (χ2v) is 12.8. The van der Waals surface area contributed by atoms with Gasteiger partial charge in [-0.2, -0.15) is 0 Å². The molecule has 0 N–H and O–H groups in total. The maximum Gasteiger partial charge on any atom is 0.164 e. The molecule has 49 heavy (non-hydrogen) atoms. The van der Waals surface area contributed by atoms with Crippen molar-refractivity contribution in [3.8, 4) is 67.9 Å². The summed E-state index contributed by atoms with van der Waals surface area (Å²) in [5.74, 6) is 2.46. The summed E-state index contributed by atoms with van der Waals surface area (Å²) in [5, 5.41) is 1.13. The van der Waals surface area contributed by atoms with Gasteiger partial charge in [0.15, 0.2) is 23.3 Å². The van der Waals surface area contributed by atoms with Gasteiger partial charge in [0.1, 0.15) is 0 Å². The molecule has 230 valence electrons. The monoisotopic (exact) mass is 645 g/mol. The Morgan fingerprint density at radius 3 is 1.33 bits per heavy atom. The zero-order valence-electron chi connectivity index (χ0n) is 26.2. The third-order valence-electron chi connectivity index (χ3n) is 8.52. The molecule has 0 unspecified atom stereocenters. The predicted octanol–water partition coefficient (Wildman–Crippen LogP) is 11.0. The Bertz CT molecular complexity index is 2530. The first-order chi connectivity index (χ1) is 24.3. The molecule has 0 aliphatic rings. The van der Waals surface area contributed by atoms with Crippen LogP contribution in [0.3, 0.4) is 0 Å². The van der Waals surface area contributed by atoms with E-state index in [9.17, 15) is 0 Å². The Balaban J connectivity index is 1.31. The fourth-order valence-electron chi connectivity index (χ4n) is 6.13. The zero-order valence-corrected chi connectivity index (χ0v) is 27.0. The van der Waals surface area contributed by atoms with E-state index in [1.54, 1.807) is 11.3 Å². The molecule has 6 aromatic carbocycles. The van der Waals surface area contributed by atoms with Gasteiger partial charge in [0.2, 0.25) is 0 Å². The molecule has 0 saturated heterocycles. The Morgan fingerprint density at radius 2 is 0.755 bits per heavy atom. The van der Waals surface area contributed by atoms with Gasteiger partial charge in [-0.25, -0.2) is 24.9 Å². The third-order valence-corrected chi connectivity index (χ3v) is 9.69. The lowest BCUT2D eigenvalue weighted by atomic mass is 9.98. The van der Waals surface area contributed by atoms with Crippen LogP contribution in [0.15, 0.2) is 164 Å². The fraction of sp³-hybridized carbons (Fsp3) is 0. The van der Waals surface area contributed by atoms with E-state index in [-0.39, 0.29) is 0 Å². The first kappa shape index (κ1) is 28.8. The largest absolute Gasteiger partial charge is 0.226 e. The Hall–Kier alpha value is -6.37. The van der Waals surface area contributed by atoms with Gasteiger partial charge < -0.3 is 0 Å². The predicted molar refractivity (Wildman–Crippen MR) is 201 cm³/mol. The minimum absolute atomic E-state index is 0.581. The summed E-state index contributed by atoms with van der Waals surface area (Å²) in [6.45, 7) is 0. The highest BCUT2D eigenvalue weighted by Gasteiger charge is 2.19. The summed E-state index contributed by atoms with van der Waals surface area (Å²) in [5.41, 5.74) is 8.62. The lowest BCUT2D eigenvalue weighted by molar-refractivity contribution is 1.07. The first-order valence-corrected chi connectivity index (χ1v) is 16.9. The summed E-state index contributed by atoms with van der Waals surface area (Å²) in [7, 11) is 0. The van der Waals surface area contributed by atoms with Crippen molar-refractivity contribution in [3.63, 3.8) is 0 Å². The quantitative estimate of drug-likeness (QED) is 0.180. The van der Waals surface area contributed by atoms with Crippen LogP contribution >= 0.6 is 11.3 Å². The number of hydrogen-bond donors (Lipinski definition) is 0. The third kappa shape index (κ3) is 5.54. The number of aromatic nitrogens is 5. The molecule has 9 aromatic rings. The summed E-state index contributed by atoms with van der Waals surface area (Å²) in [4.78, 5) is 25.6. The number of fused-ring (bicyclic) bond motifs is 3. The smallest absolute Gasteiger partial charge is 0.164 e. The first-order valence-electron chi connectivity index (χ1n) is 16.1. The van der Waals surface area contributed by atoms with E-state index >= 15 is 0 Å². The van der Waals surface area contributed by atoms with Crippen LogP contribution in [-0.4, -0.2) is 24.9 Å². The summed E-state index contributed by atoms with van der Waals surface area (Å²) in [6, 6.07) is 55.7. The molecule has 3 heterocycles. The average molecular weight is 646 g/mol. The molecule has 0 saturated carbocycles. The number of nitrogens with zero attached hydrogens (tertiary/aromatic N) is 5. The van der Waals surface area contributed by atoms with Gasteiger partial charge >= 0.3 is 0 Å². The van der Waals surface area contributed by atoms with E-state index in [0.29, 0.717) is 23.3 Å². The fourth-order valence-corrected chi connectivity index (χ4v) is 7.29. The molecule has 3 aromatic heterocycles. The van der Waals surface area contributed by atoms with Gasteiger partial charge in [-0.3, -0.25) is 0 Å². The molecule has 0 aliphatic heterocycles. The van der Waals surface area contributed by atoms with Crippen LogP contribution in [0.4, 0.5) is 0 Å². The SMILES string of the molecule is c1ccc(-c2cc(-c3nc(-c4ccccc4)nc(-c4ccccc4)n3)cc(-c3nc(-c4ccccc4)c4sc5ccccc5c4n3)c2)cc1. The Labute approximate surface area is 287 Å². The van der Waals surface area contributed by atoms with Gasteiger partial charge in [0, 0.05) is 37.9 Å².